The first-order valence-electron chi connectivity index (χ1n) is 3.08. The molecule has 0 spiro atoms. The monoisotopic (exact) mass is 147 g/mol. The molecule has 0 aliphatic carbocycles. The molecule has 0 aromatic carbocycles. The van der Waals surface area contributed by atoms with Gasteiger partial charge in [-0.05, 0) is 0 Å². The van der Waals surface area contributed by atoms with Crippen LogP contribution in [0.3, 0.4) is 0 Å². The van der Waals surface area contributed by atoms with Crippen LogP contribution in [-0.2, 0) is 4.79 Å². The fourth-order valence-electron chi connectivity index (χ4n) is 0.560. The topological polar surface area (TPSA) is 60.8 Å². The molecule has 0 aliphatic heterocycles. The Hall–Kier alpha value is -0.610. The minimum Gasteiger partial charge on any atom is -0.394 e. The summed E-state index contributed by atoms with van der Waals surface area (Å²) in [5.74, 6) is -0.159. The Balaban J connectivity index is 3.88. The molecule has 0 saturated carbocycles. The van der Waals surface area contributed by atoms with E-state index in [9.17, 15) is 4.79 Å². The third-order valence-electron chi connectivity index (χ3n) is 1.47. The number of carbonyl (C=O) groups is 1. The van der Waals surface area contributed by atoms with E-state index in [0.717, 1.165) is 0 Å². The molecule has 0 aromatic rings. The first-order chi connectivity index (χ1) is 4.63. The number of likely N-dealkylation sites (N-methyl/N-ethyl adjacent to an activating group) is 1. The first-order valence-corrected chi connectivity index (χ1v) is 3.08. The number of aliphatic hydroxyl groups excluding tert-OH is 2. The molecule has 0 fully saturated rings. The third-order valence-corrected chi connectivity index (χ3v) is 1.47. The minimum atomic E-state index is -0.461. The van der Waals surface area contributed by atoms with Crippen LogP contribution < -0.4 is 0 Å². The van der Waals surface area contributed by atoms with Gasteiger partial charge in [-0.15, -0.1) is 0 Å². The van der Waals surface area contributed by atoms with E-state index in [0.29, 0.717) is 0 Å². The van der Waals surface area contributed by atoms with Gasteiger partial charge in [-0.1, -0.05) is 0 Å². The molecule has 0 rings (SSSR count). The summed E-state index contributed by atoms with van der Waals surface area (Å²) in [6.07, 6.45) is 0. The molecule has 0 heterocycles. The SMILES string of the molecule is CC(=O)N(C)C(CO)CO. The summed E-state index contributed by atoms with van der Waals surface area (Å²) in [7, 11) is 1.54. The van der Waals surface area contributed by atoms with Gasteiger partial charge < -0.3 is 15.1 Å². The summed E-state index contributed by atoms with van der Waals surface area (Å²) < 4.78 is 0. The van der Waals surface area contributed by atoms with E-state index >= 15 is 0 Å². The molecule has 2 N–H and O–H groups in total. The van der Waals surface area contributed by atoms with Crippen LogP contribution in [0.5, 0.6) is 0 Å². The number of hydrogen-bond donors (Lipinski definition) is 2. The van der Waals surface area contributed by atoms with Crippen LogP contribution in [0.1, 0.15) is 6.92 Å². The molecule has 0 unspecified atom stereocenters. The zero-order valence-corrected chi connectivity index (χ0v) is 6.24. The van der Waals surface area contributed by atoms with Gasteiger partial charge in [0.1, 0.15) is 0 Å². The van der Waals surface area contributed by atoms with E-state index in [4.69, 9.17) is 10.2 Å². The van der Waals surface area contributed by atoms with Gasteiger partial charge >= 0.3 is 0 Å². The van der Waals surface area contributed by atoms with Crippen molar-refractivity contribution < 1.29 is 15.0 Å². The highest BCUT2D eigenvalue weighted by Gasteiger charge is 2.13. The van der Waals surface area contributed by atoms with Crippen molar-refractivity contribution in [2.24, 2.45) is 0 Å². The van der Waals surface area contributed by atoms with Crippen molar-refractivity contribution in [2.75, 3.05) is 20.3 Å². The molecule has 0 atom stereocenters. The molecule has 1 amide bonds. The van der Waals surface area contributed by atoms with Crippen LogP contribution in [0.25, 0.3) is 0 Å². The Kier molecular flexibility index (Phi) is 3.99. The van der Waals surface area contributed by atoms with E-state index in [-0.39, 0.29) is 19.1 Å². The average Bonchev–Trinajstić information content (AvgIpc) is 1.90. The maximum Gasteiger partial charge on any atom is 0.219 e. The van der Waals surface area contributed by atoms with Crippen LogP contribution in [0.15, 0.2) is 0 Å². The summed E-state index contributed by atoms with van der Waals surface area (Å²) in [6, 6.07) is -0.461. The number of carbonyl (C=O) groups excluding carboxylic acids is 1. The fraction of sp³-hybridized carbons (Fsp3) is 0.833. The summed E-state index contributed by atoms with van der Waals surface area (Å²) in [5.41, 5.74) is 0. The van der Waals surface area contributed by atoms with E-state index in [1.54, 1.807) is 7.05 Å². The molecular weight excluding hydrogens is 134 g/mol. The second-order valence-corrected chi connectivity index (χ2v) is 2.15. The van der Waals surface area contributed by atoms with Crippen molar-refractivity contribution in [3.63, 3.8) is 0 Å². The molecule has 0 saturated heterocycles. The Morgan fingerprint density at radius 1 is 1.50 bits per heavy atom. The number of nitrogens with zero attached hydrogens (tertiary/aromatic N) is 1. The van der Waals surface area contributed by atoms with E-state index in [2.05, 4.69) is 0 Å². The normalized spacial score (nSPS) is 10.1. The molecular formula is C6H13NO3. The van der Waals surface area contributed by atoms with Gasteiger partial charge in [-0.2, -0.15) is 0 Å². The number of rotatable bonds is 3. The lowest BCUT2D eigenvalue weighted by Crippen LogP contribution is -2.40. The Morgan fingerprint density at radius 2 is 1.90 bits per heavy atom. The van der Waals surface area contributed by atoms with E-state index in [1.165, 1.54) is 11.8 Å². The van der Waals surface area contributed by atoms with Crippen molar-refractivity contribution in [2.45, 2.75) is 13.0 Å². The van der Waals surface area contributed by atoms with Gasteiger partial charge in [0.25, 0.3) is 0 Å². The van der Waals surface area contributed by atoms with Crippen molar-refractivity contribution in [3.8, 4) is 0 Å². The van der Waals surface area contributed by atoms with Crippen molar-refractivity contribution in [3.05, 3.63) is 0 Å². The molecule has 10 heavy (non-hydrogen) atoms. The highest BCUT2D eigenvalue weighted by molar-refractivity contribution is 5.73. The molecule has 4 nitrogen and oxygen atoms in total. The van der Waals surface area contributed by atoms with E-state index < -0.39 is 6.04 Å². The first kappa shape index (κ1) is 9.39. The molecule has 0 bridgehead atoms. The molecule has 0 aromatic heterocycles. The predicted octanol–water partition coefficient (Wildman–Crippen LogP) is -1.18. The second-order valence-electron chi connectivity index (χ2n) is 2.15. The van der Waals surface area contributed by atoms with Gasteiger partial charge in [0.2, 0.25) is 5.91 Å². The Labute approximate surface area is 60.1 Å². The Morgan fingerprint density at radius 3 is 2.00 bits per heavy atom. The van der Waals surface area contributed by atoms with Crippen molar-refractivity contribution in [1.29, 1.82) is 0 Å². The number of amides is 1. The van der Waals surface area contributed by atoms with Crippen LogP contribution in [0.4, 0.5) is 0 Å². The van der Waals surface area contributed by atoms with Gasteiger partial charge in [-0.3, -0.25) is 4.79 Å². The van der Waals surface area contributed by atoms with Crippen LogP contribution in [-0.4, -0.2) is 47.3 Å². The molecule has 60 valence electrons. The van der Waals surface area contributed by atoms with Gasteiger partial charge in [-0.25, -0.2) is 0 Å². The molecule has 0 aliphatic rings. The molecule has 4 heteroatoms. The van der Waals surface area contributed by atoms with Gasteiger partial charge in [0.15, 0.2) is 0 Å². The lowest BCUT2D eigenvalue weighted by atomic mass is 10.3. The predicted molar refractivity (Wildman–Crippen MR) is 36.4 cm³/mol. The summed E-state index contributed by atoms with van der Waals surface area (Å²) in [5, 5.41) is 17.2. The summed E-state index contributed by atoms with van der Waals surface area (Å²) in [4.78, 5) is 11.9. The van der Waals surface area contributed by atoms with E-state index in [1.807, 2.05) is 0 Å². The summed E-state index contributed by atoms with van der Waals surface area (Å²) >= 11 is 0. The van der Waals surface area contributed by atoms with Gasteiger partial charge in [0.05, 0.1) is 19.3 Å². The average molecular weight is 147 g/mol. The zero-order valence-electron chi connectivity index (χ0n) is 6.24. The zero-order chi connectivity index (χ0) is 8.15. The minimum absolute atomic E-state index is 0.159. The highest BCUT2D eigenvalue weighted by atomic mass is 16.3. The number of aliphatic hydroxyl groups is 2. The fourth-order valence-corrected chi connectivity index (χ4v) is 0.560. The lowest BCUT2D eigenvalue weighted by Gasteiger charge is -2.22. The quantitative estimate of drug-likeness (QED) is 0.528. The van der Waals surface area contributed by atoms with Crippen molar-refractivity contribution in [1.82, 2.24) is 4.90 Å². The van der Waals surface area contributed by atoms with Crippen molar-refractivity contribution >= 4 is 5.91 Å². The maximum atomic E-state index is 10.6. The second kappa shape index (κ2) is 4.24. The largest absolute Gasteiger partial charge is 0.394 e. The number of hydrogen-bond acceptors (Lipinski definition) is 3. The Bertz CT molecular complexity index is 112. The van der Waals surface area contributed by atoms with Crippen LogP contribution in [0, 0.1) is 0 Å². The van der Waals surface area contributed by atoms with Crippen LogP contribution >= 0.6 is 0 Å². The lowest BCUT2D eigenvalue weighted by molar-refractivity contribution is -0.131. The maximum absolute atomic E-state index is 10.6. The summed E-state index contributed by atoms with van der Waals surface area (Å²) in [6.45, 7) is 0.984. The highest BCUT2D eigenvalue weighted by Crippen LogP contribution is 1.93. The molecule has 0 radical (unpaired) electrons. The smallest absolute Gasteiger partial charge is 0.219 e. The van der Waals surface area contributed by atoms with Gasteiger partial charge in [0, 0.05) is 14.0 Å². The third kappa shape index (κ3) is 2.33. The van der Waals surface area contributed by atoms with Crippen LogP contribution in [0.2, 0.25) is 0 Å². The standard InChI is InChI=1S/C6H13NO3/c1-5(10)7(2)6(3-8)4-9/h6,8-9H,3-4H2,1-2H3.